The molecule has 2 N–H and O–H groups in total. The summed E-state index contributed by atoms with van der Waals surface area (Å²) >= 11 is 0.216. The second-order valence-electron chi connectivity index (χ2n) is 2.12. The Morgan fingerprint density at radius 1 is 1.83 bits per heavy atom. The van der Waals surface area contributed by atoms with Gasteiger partial charge < -0.3 is 10.3 Å². The molecule has 0 saturated carbocycles. The molecule has 0 aliphatic rings. The first-order chi connectivity index (χ1) is 5.68. The van der Waals surface area contributed by atoms with E-state index in [0.717, 1.165) is 5.01 Å². The first-order valence-corrected chi connectivity index (χ1v) is 5.57. The highest BCUT2D eigenvalue weighted by molar-refractivity contribution is 7.91. The Balaban J connectivity index is 2.36. The van der Waals surface area contributed by atoms with Gasteiger partial charge in [0.2, 0.25) is 0 Å². The predicted molar refractivity (Wildman–Crippen MR) is 48.0 cm³/mol. The highest BCUT2D eigenvalue weighted by atomic mass is 32.2. The zero-order valence-electron chi connectivity index (χ0n) is 6.23. The highest BCUT2D eigenvalue weighted by Crippen LogP contribution is 2.08. The van der Waals surface area contributed by atoms with Crippen LogP contribution in [0.1, 0.15) is 5.01 Å². The molecule has 0 fully saturated rings. The fraction of sp³-hybridized carbons (Fsp3) is 0.333. The van der Waals surface area contributed by atoms with Crippen LogP contribution in [0.15, 0.2) is 11.6 Å². The van der Waals surface area contributed by atoms with Crippen LogP contribution in [-0.2, 0) is 21.7 Å². The van der Waals surface area contributed by atoms with E-state index in [9.17, 15) is 9.35 Å². The van der Waals surface area contributed by atoms with Crippen LogP contribution >= 0.6 is 11.3 Å². The van der Waals surface area contributed by atoms with Crippen LogP contribution in [0.3, 0.4) is 0 Å². The second-order valence-corrected chi connectivity index (χ2v) is 4.56. The Kier molecular flexibility index (Phi) is 3.51. The van der Waals surface area contributed by atoms with Gasteiger partial charge in [-0.05, 0) is 11.2 Å². The number of rotatable bonds is 4. The summed E-state index contributed by atoms with van der Waals surface area (Å²) in [6.07, 6.45) is 1.64. The molecule has 0 spiro atoms. The van der Waals surface area contributed by atoms with Gasteiger partial charge >= 0.3 is 0 Å². The third-order valence-corrected chi connectivity index (χ3v) is 3.24. The zero-order chi connectivity index (χ0) is 8.97. The van der Waals surface area contributed by atoms with Gasteiger partial charge in [0.25, 0.3) is 5.91 Å². The predicted octanol–water partition coefficient (Wildman–Crippen LogP) is -0.123. The van der Waals surface area contributed by atoms with E-state index in [1.54, 1.807) is 11.6 Å². The average molecular weight is 204 g/mol. The highest BCUT2D eigenvalue weighted by Gasteiger charge is 2.12. The van der Waals surface area contributed by atoms with E-state index in [2.05, 4.69) is 4.98 Å². The number of hydrogen-bond acceptors (Lipinski definition) is 4. The van der Waals surface area contributed by atoms with Crippen LogP contribution in [0, 0.1) is 0 Å². The lowest BCUT2D eigenvalue weighted by atomic mass is 10.8. The maximum Gasteiger partial charge on any atom is 0.267 e. The van der Waals surface area contributed by atoms with Gasteiger partial charge in [-0.3, -0.25) is 4.79 Å². The van der Waals surface area contributed by atoms with Crippen molar-refractivity contribution in [2.45, 2.75) is 5.75 Å². The molecule has 1 aromatic rings. The van der Waals surface area contributed by atoms with Crippen molar-refractivity contribution < 1.29 is 9.35 Å². The van der Waals surface area contributed by atoms with Crippen LogP contribution < -0.4 is 5.73 Å². The molecule has 0 aliphatic heterocycles. The van der Waals surface area contributed by atoms with Crippen LogP contribution in [-0.4, -0.2) is 21.2 Å². The van der Waals surface area contributed by atoms with Gasteiger partial charge in [-0.25, -0.2) is 4.98 Å². The minimum Gasteiger partial charge on any atom is -0.616 e. The summed E-state index contributed by atoms with van der Waals surface area (Å²) < 4.78 is 11.1. The number of carbonyl (C=O) groups excluding carboxylic acids is 1. The Labute approximate surface area is 77.0 Å². The maximum atomic E-state index is 11.1. The number of thiazole rings is 1. The molecule has 1 amide bonds. The minimum atomic E-state index is -1.21. The molecule has 1 aromatic heterocycles. The van der Waals surface area contributed by atoms with Crippen molar-refractivity contribution in [2.75, 3.05) is 5.75 Å². The summed E-state index contributed by atoms with van der Waals surface area (Å²) in [5.74, 6) is -0.301. The zero-order valence-corrected chi connectivity index (χ0v) is 7.86. The summed E-state index contributed by atoms with van der Waals surface area (Å²) in [6, 6.07) is 0. The van der Waals surface area contributed by atoms with Crippen LogP contribution in [0.2, 0.25) is 0 Å². The Morgan fingerprint density at radius 3 is 3.08 bits per heavy atom. The lowest BCUT2D eigenvalue weighted by molar-refractivity contribution is -0.115. The summed E-state index contributed by atoms with van der Waals surface area (Å²) in [7, 11) is 0. The molecule has 0 radical (unpaired) electrons. The summed E-state index contributed by atoms with van der Waals surface area (Å²) in [4.78, 5) is 14.3. The smallest absolute Gasteiger partial charge is 0.267 e. The Hall–Kier alpha value is -0.590. The van der Waals surface area contributed by atoms with Crippen molar-refractivity contribution in [3.63, 3.8) is 0 Å². The SMILES string of the molecule is NC(=O)C[S+]([O-])Cc1nccs1. The van der Waals surface area contributed by atoms with Crippen molar-refractivity contribution in [3.05, 3.63) is 16.6 Å². The first kappa shape index (κ1) is 9.50. The van der Waals surface area contributed by atoms with Crippen molar-refractivity contribution in [1.82, 2.24) is 4.98 Å². The molecule has 6 heteroatoms. The molecule has 0 aliphatic carbocycles. The molecule has 1 heterocycles. The average Bonchev–Trinajstić information content (AvgIpc) is 2.37. The van der Waals surface area contributed by atoms with Crippen molar-refractivity contribution in [2.24, 2.45) is 5.73 Å². The molecule has 1 atom stereocenters. The van der Waals surface area contributed by atoms with Gasteiger partial charge in [-0.1, -0.05) is 0 Å². The number of aromatic nitrogens is 1. The molecule has 66 valence electrons. The summed E-state index contributed by atoms with van der Waals surface area (Å²) in [5, 5.41) is 2.58. The lowest BCUT2D eigenvalue weighted by Gasteiger charge is -2.05. The molecule has 1 rings (SSSR count). The van der Waals surface area contributed by atoms with Crippen LogP contribution in [0.5, 0.6) is 0 Å². The van der Waals surface area contributed by atoms with Gasteiger partial charge in [0.1, 0.15) is 5.01 Å². The van der Waals surface area contributed by atoms with E-state index in [1.165, 1.54) is 11.3 Å². The molecule has 4 nitrogen and oxygen atoms in total. The number of amides is 1. The number of nitrogens with two attached hydrogens (primary N) is 1. The molecule has 0 saturated heterocycles. The number of carbonyl (C=O) groups is 1. The summed E-state index contributed by atoms with van der Waals surface area (Å²) in [5.41, 5.74) is 4.87. The van der Waals surface area contributed by atoms with E-state index in [0.29, 0.717) is 5.75 Å². The second kappa shape index (κ2) is 4.44. The van der Waals surface area contributed by atoms with Gasteiger partial charge in [-0.15, -0.1) is 11.3 Å². The maximum absolute atomic E-state index is 11.1. The Bertz CT molecular complexity index is 250. The number of primary amides is 1. The van der Waals surface area contributed by atoms with E-state index < -0.39 is 17.1 Å². The standard InChI is InChI=1S/C6H8N2O2S2/c7-5(9)3-12(10)4-6-8-1-2-11-6/h1-2H,3-4H2,(H2,7,9). The van der Waals surface area contributed by atoms with E-state index in [-0.39, 0.29) is 5.75 Å². The third kappa shape index (κ3) is 3.21. The normalized spacial score (nSPS) is 12.8. The largest absolute Gasteiger partial charge is 0.616 e. The number of nitrogens with zero attached hydrogens (tertiary/aromatic N) is 1. The van der Waals surface area contributed by atoms with Gasteiger partial charge in [0.05, 0.1) is 0 Å². The molecular formula is C6H8N2O2S2. The minimum absolute atomic E-state index is 0.0838. The van der Waals surface area contributed by atoms with E-state index in [4.69, 9.17) is 5.73 Å². The van der Waals surface area contributed by atoms with Crippen molar-refractivity contribution in [3.8, 4) is 0 Å². The third-order valence-electron chi connectivity index (χ3n) is 1.07. The molecule has 0 bridgehead atoms. The fourth-order valence-corrected chi connectivity index (χ4v) is 2.51. The van der Waals surface area contributed by atoms with Crippen molar-refractivity contribution in [1.29, 1.82) is 0 Å². The molecular weight excluding hydrogens is 196 g/mol. The van der Waals surface area contributed by atoms with E-state index >= 15 is 0 Å². The monoisotopic (exact) mass is 204 g/mol. The van der Waals surface area contributed by atoms with E-state index in [1.807, 2.05) is 0 Å². The van der Waals surface area contributed by atoms with Crippen LogP contribution in [0.25, 0.3) is 0 Å². The molecule has 1 unspecified atom stereocenters. The Morgan fingerprint density at radius 2 is 2.58 bits per heavy atom. The van der Waals surface area contributed by atoms with Gasteiger partial charge in [0, 0.05) is 11.6 Å². The fourth-order valence-electron chi connectivity index (χ4n) is 0.672. The first-order valence-electron chi connectivity index (χ1n) is 3.20. The van der Waals surface area contributed by atoms with Gasteiger partial charge in [-0.2, -0.15) is 0 Å². The molecule has 0 aromatic carbocycles. The lowest BCUT2D eigenvalue weighted by Crippen LogP contribution is -2.24. The topological polar surface area (TPSA) is 79.0 Å². The molecule has 12 heavy (non-hydrogen) atoms. The summed E-state index contributed by atoms with van der Waals surface area (Å²) in [6.45, 7) is 0. The van der Waals surface area contributed by atoms with Gasteiger partial charge in [0.15, 0.2) is 11.5 Å². The van der Waals surface area contributed by atoms with Crippen LogP contribution in [0.4, 0.5) is 0 Å². The van der Waals surface area contributed by atoms with Crippen molar-refractivity contribution >= 4 is 28.4 Å². The quantitative estimate of drug-likeness (QED) is 0.694. The number of hydrogen-bond donors (Lipinski definition) is 1.